The molecule has 14 heavy (non-hydrogen) atoms. The molecule has 1 atom stereocenters. The zero-order valence-corrected chi connectivity index (χ0v) is 8.99. The molecule has 1 heterocycles. The Bertz CT molecular complexity index is 313. The van der Waals surface area contributed by atoms with Gasteiger partial charge in [-0.1, -0.05) is 6.92 Å². The normalized spacial score (nSPS) is 12.7. The summed E-state index contributed by atoms with van der Waals surface area (Å²) in [6.07, 6.45) is 2.23. The molecule has 0 aliphatic rings. The van der Waals surface area contributed by atoms with E-state index in [9.17, 15) is 4.79 Å². The first-order valence-corrected chi connectivity index (χ1v) is 5.37. The van der Waals surface area contributed by atoms with Crippen molar-refractivity contribution in [3.05, 3.63) is 12.2 Å². The van der Waals surface area contributed by atoms with E-state index >= 15 is 0 Å². The molecule has 1 rings (SSSR count). The minimum absolute atomic E-state index is 0.355. The number of aliphatic carboxylic acids is 1. The van der Waals surface area contributed by atoms with Gasteiger partial charge in [-0.05, 0) is 6.42 Å². The molecule has 0 spiro atoms. The van der Waals surface area contributed by atoms with Crippen molar-refractivity contribution in [3.8, 4) is 0 Å². The summed E-state index contributed by atoms with van der Waals surface area (Å²) >= 11 is 1.38. The van der Waals surface area contributed by atoms with Crippen LogP contribution in [0.4, 0.5) is 0 Å². The number of thioether (sulfide) groups is 1. The van der Waals surface area contributed by atoms with Crippen molar-refractivity contribution in [1.82, 2.24) is 14.8 Å². The first-order chi connectivity index (χ1) is 6.65. The molecule has 0 bridgehead atoms. The van der Waals surface area contributed by atoms with E-state index < -0.39 is 5.97 Å². The van der Waals surface area contributed by atoms with Crippen molar-refractivity contribution >= 4 is 17.7 Å². The van der Waals surface area contributed by atoms with E-state index in [1.165, 1.54) is 11.8 Å². The Morgan fingerprint density at radius 2 is 2.50 bits per heavy atom. The maximum absolute atomic E-state index is 10.7. The second kappa shape index (κ2) is 4.99. The van der Waals surface area contributed by atoms with Gasteiger partial charge in [0.25, 0.3) is 0 Å². The molecule has 6 heteroatoms. The summed E-state index contributed by atoms with van der Waals surface area (Å²) in [4.78, 5) is 10.7. The van der Waals surface area contributed by atoms with Crippen LogP contribution in [0.25, 0.3) is 0 Å². The van der Waals surface area contributed by atoms with Crippen molar-refractivity contribution < 1.29 is 9.90 Å². The second-order valence-electron chi connectivity index (χ2n) is 2.90. The Morgan fingerprint density at radius 3 is 2.93 bits per heavy atom. The molecule has 0 radical (unpaired) electrons. The largest absolute Gasteiger partial charge is 0.480 e. The van der Waals surface area contributed by atoms with Gasteiger partial charge in [0.15, 0.2) is 0 Å². The van der Waals surface area contributed by atoms with Crippen LogP contribution in [0, 0.1) is 0 Å². The van der Waals surface area contributed by atoms with Gasteiger partial charge in [-0.25, -0.2) is 0 Å². The summed E-state index contributed by atoms with van der Waals surface area (Å²) in [5.74, 6) is 0.621. The van der Waals surface area contributed by atoms with Crippen LogP contribution in [0.1, 0.15) is 19.2 Å². The van der Waals surface area contributed by atoms with Crippen molar-refractivity contribution in [1.29, 1.82) is 0 Å². The minimum Gasteiger partial charge on any atom is -0.480 e. The lowest BCUT2D eigenvalue weighted by atomic mass is 10.3. The Morgan fingerprint density at radius 1 is 1.79 bits per heavy atom. The molecule has 0 saturated carbocycles. The molecule has 78 valence electrons. The summed E-state index contributed by atoms with van der Waals surface area (Å²) in [6.45, 7) is 1.86. The van der Waals surface area contributed by atoms with Gasteiger partial charge < -0.3 is 9.67 Å². The summed E-state index contributed by atoms with van der Waals surface area (Å²) < 4.78 is 1.79. The molecule has 0 aliphatic heterocycles. The van der Waals surface area contributed by atoms with Crippen LogP contribution >= 0.6 is 11.8 Å². The van der Waals surface area contributed by atoms with E-state index in [4.69, 9.17) is 5.11 Å². The molecule has 0 fully saturated rings. The molecule has 0 aromatic carbocycles. The molecular weight excluding hydrogens is 202 g/mol. The number of carbonyl (C=O) groups is 1. The topological polar surface area (TPSA) is 68.0 Å². The first-order valence-electron chi connectivity index (χ1n) is 4.32. The predicted molar refractivity (Wildman–Crippen MR) is 54.0 cm³/mol. The van der Waals surface area contributed by atoms with Gasteiger partial charge in [-0.2, -0.15) is 0 Å². The second-order valence-corrected chi connectivity index (χ2v) is 4.10. The lowest BCUT2D eigenvalue weighted by Gasteiger charge is -2.08. The monoisotopic (exact) mass is 215 g/mol. The third-order valence-corrected chi connectivity index (χ3v) is 3.23. The van der Waals surface area contributed by atoms with E-state index in [1.54, 1.807) is 10.9 Å². The fourth-order valence-electron chi connectivity index (χ4n) is 0.977. The van der Waals surface area contributed by atoms with Crippen LogP contribution in [-0.4, -0.2) is 31.1 Å². The number of carboxylic acids is 1. The number of aromatic nitrogens is 3. The average molecular weight is 215 g/mol. The van der Waals surface area contributed by atoms with Crippen LogP contribution in [-0.2, 0) is 17.6 Å². The van der Waals surface area contributed by atoms with E-state index in [0.717, 1.165) is 5.82 Å². The molecule has 0 saturated heterocycles. The smallest absolute Gasteiger partial charge is 0.316 e. The number of aryl methyl sites for hydroxylation is 1. The third kappa shape index (κ3) is 2.73. The molecule has 5 nitrogen and oxygen atoms in total. The summed E-state index contributed by atoms with van der Waals surface area (Å²) in [5, 5.41) is 16.1. The van der Waals surface area contributed by atoms with Gasteiger partial charge in [-0.15, -0.1) is 22.0 Å². The number of rotatable bonds is 5. The van der Waals surface area contributed by atoms with Gasteiger partial charge >= 0.3 is 5.97 Å². The van der Waals surface area contributed by atoms with E-state index in [-0.39, 0.29) is 5.25 Å². The third-order valence-electron chi connectivity index (χ3n) is 1.86. The lowest BCUT2D eigenvalue weighted by Crippen LogP contribution is -2.15. The Labute approximate surface area is 86.5 Å². The van der Waals surface area contributed by atoms with Gasteiger partial charge in [0.1, 0.15) is 17.4 Å². The SMILES string of the molecule is CCC(SCc1nncn1C)C(=O)O. The number of nitrogens with zero attached hydrogens (tertiary/aromatic N) is 3. The van der Waals surface area contributed by atoms with Gasteiger partial charge in [0, 0.05) is 7.05 Å². The summed E-state index contributed by atoms with van der Waals surface area (Å²) in [7, 11) is 1.84. The van der Waals surface area contributed by atoms with Crippen molar-refractivity contribution in [2.45, 2.75) is 24.3 Å². The highest BCUT2D eigenvalue weighted by Crippen LogP contribution is 2.18. The molecular formula is C8H13N3O2S. The highest BCUT2D eigenvalue weighted by molar-refractivity contribution is 7.99. The molecule has 1 unspecified atom stereocenters. The fourth-order valence-corrected chi connectivity index (χ4v) is 1.97. The molecule has 0 aliphatic carbocycles. The maximum Gasteiger partial charge on any atom is 0.316 e. The number of carboxylic acid groups (broad SMARTS) is 1. The fraction of sp³-hybridized carbons (Fsp3) is 0.625. The minimum atomic E-state index is -0.764. The average Bonchev–Trinajstić information content (AvgIpc) is 2.52. The van der Waals surface area contributed by atoms with Crippen LogP contribution in [0.15, 0.2) is 6.33 Å². The summed E-state index contributed by atoms with van der Waals surface area (Å²) in [6, 6.07) is 0. The van der Waals surface area contributed by atoms with Gasteiger partial charge in [0.05, 0.1) is 5.75 Å². The van der Waals surface area contributed by atoms with Crippen molar-refractivity contribution in [3.63, 3.8) is 0 Å². The van der Waals surface area contributed by atoms with Crippen LogP contribution in [0.5, 0.6) is 0 Å². The number of hydrogen-bond acceptors (Lipinski definition) is 4. The van der Waals surface area contributed by atoms with E-state index in [2.05, 4.69) is 10.2 Å². The highest BCUT2D eigenvalue weighted by atomic mass is 32.2. The Hall–Kier alpha value is -1.04. The van der Waals surface area contributed by atoms with Crippen LogP contribution in [0.3, 0.4) is 0 Å². The zero-order valence-electron chi connectivity index (χ0n) is 8.17. The number of hydrogen-bond donors (Lipinski definition) is 1. The highest BCUT2D eigenvalue weighted by Gasteiger charge is 2.16. The maximum atomic E-state index is 10.7. The van der Waals surface area contributed by atoms with Crippen molar-refractivity contribution in [2.75, 3.05) is 0 Å². The molecule has 0 amide bonds. The molecule has 1 N–H and O–H groups in total. The molecule has 1 aromatic heterocycles. The summed E-state index contributed by atoms with van der Waals surface area (Å²) in [5.41, 5.74) is 0. The lowest BCUT2D eigenvalue weighted by molar-refractivity contribution is -0.136. The molecule has 1 aromatic rings. The van der Waals surface area contributed by atoms with Crippen LogP contribution in [0.2, 0.25) is 0 Å². The zero-order chi connectivity index (χ0) is 10.6. The van der Waals surface area contributed by atoms with Gasteiger partial charge in [-0.3, -0.25) is 4.79 Å². The van der Waals surface area contributed by atoms with Gasteiger partial charge in [0.2, 0.25) is 0 Å². The Kier molecular flexibility index (Phi) is 3.94. The predicted octanol–water partition coefficient (Wildman–Crippen LogP) is 0.911. The first kappa shape index (κ1) is 11.0. The Balaban J connectivity index is 2.47. The van der Waals surface area contributed by atoms with Crippen LogP contribution < -0.4 is 0 Å². The van der Waals surface area contributed by atoms with Crippen molar-refractivity contribution in [2.24, 2.45) is 7.05 Å². The standard InChI is InChI=1S/C8H13N3O2S/c1-3-6(8(12)13)14-4-7-10-9-5-11(7)2/h5-6H,3-4H2,1-2H3,(H,12,13). The quantitative estimate of drug-likeness (QED) is 0.790. The van der Waals surface area contributed by atoms with E-state index in [1.807, 2.05) is 14.0 Å². The van der Waals surface area contributed by atoms with E-state index in [0.29, 0.717) is 12.2 Å².